The van der Waals surface area contributed by atoms with Crippen molar-refractivity contribution in [2.24, 2.45) is 4.99 Å². The topological polar surface area (TPSA) is 86.7 Å². The van der Waals surface area contributed by atoms with Gasteiger partial charge in [-0.3, -0.25) is 19.5 Å². The first-order chi connectivity index (χ1) is 21.0. The third kappa shape index (κ3) is 5.09. The highest BCUT2D eigenvalue weighted by Crippen LogP contribution is 2.41. The lowest BCUT2D eigenvalue weighted by Gasteiger charge is -2.30. The minimum absolute atomic E-state index is 0.0106. The number of aryl methyl sites for hydroxylation is 1. The molecule has 2 heterocycles. The van der Waals surface area contributed by atoms with Crippen molar-refractivity contribution >= 4 is 40.4 Å². The fourth-order valence-corrected chi connectivity index (χ4v) is 6.94. The van der Waals surface area contributed by atoms with E-state index in [1.165, 1.54) is 23.0 Å². The zero-order valence-corrected chi connectivity index (χ0v) is 24.3. The van der Waals surface area contributed by atoms with Gasteiger partial charge in [-0.25, -0.2) is 4.99 Å². The average Bonchev–Trinajstić information content (AvgIpc) is 3.33. The van der Waals surface area contributed by atoms with Gasteiger partial charge in [0.15, 0.2) is 4.80 Å². The first-order valence-corrected chi connectivity index (χ1v) is 15.0. The van der Waals surface area contributed by atoms with Crippen molar-refractivity contribution in [3.63, 3.8) is 0 Å². The van der Waals surface area contributed by atoms with Crippen LogP contribution in [0.15, 0.2) is 112 Å². The van der Waals surface area contributed by atoms with E-state index >= 15 is 0 Å². The van der Waals surface area contributed by atoms with Crippen molar-refractivity contribution in [1.82, 2.24) is 4.57 Å². The third-order valence-corrected chi connectivity index (χ3v) is 9.13. The Bertz CT molecular complexity index is 2130. The van der Waals surface area contributed by atoms with E-state index in [2.05, 4.69) is 12.1 Å². The van der Waals surface area contributed by atoms with Crippen molar-refractivity contribution in [2.75, 3.05) is 0 Å². The van der Waals surface area contributed by atoms with Crippen LogP contribution in [0.2, 0.25) is 5.02 Å². The molecule has 0 fully saturated rings. The van der Waals surface area contributed by atoms with Gasteiger partial charge in [-0.2, -0.15) is 0 Å². The number of thiazole rings is 1. The number of nitrogens with zero attached hydrogens (tertiary/aromatic N) is 3. The van der Waals surface area contributed by atoms with Crippen molar-refractivity contribution in [3.8, 4) is 5.75 Å². The van der Waals surface area contributed by atoms with Crippen molar-refractivity contribution in [2.45, 2.75) is 25.5 Å². The molecule has 1 aliphatic carbocycles. The van der Waals surface area contributed by atoms with Crippen LogP contribution in [-0.2, 0) is 13.0 Å². The van der Waals surface area contributed by atoms with Gasteiger partial charge in [0.05, 0.1) is 21.2 Å². The van der Waals surface area contributed by atoms with Gasteiger partial charge in [-0.1, -0.05) is 89.7 Å². The Kier molecular flexibility index (Phi) is 7.01. The van der Waals surface area contributed by atoms with Gasteiger partial charge in [-0.15, -0.1) is 0 Å². The highest BCUT2D eigenvalue weighted by Gasteiger charge is 2.33. The number of nitro benzene ring substituents is 1. The fraction of sp³-hybridized carbons (Fsp3) is 0.118. The van der Waals surface area contributed by atoms with Gasteiger partial charge in [0.2, 0.25) is 0 Å². The molecule has 0 N–H and O–H groups in total. The molecule has 43 heavy (non-hydrogen) atoms. The number of hydrogen-bond donors (Lipinski definition) is 0. The molecule has 9 heteroatoms. The number of benzene rings is 4. The summed E-state index contributed by atoms with van der Waals surface area (Å²) in [6.07, 6.45) is 3.35. The lowest BCUT2D eigenvalue weighted by molar-refractivity contribution is -0.384. The normalized spacial score (nSPS) is 15.7. The van der Waals surface area contributed by atoms with Crippen LogP contribution in [0.3, 0.4) is 0 Å². The summed E-state index contributed by atoms with van der Waals surface area (Å²) in [6.45, 7) is 0.321. The number of hydrogen-bond acceptors (Lipinski definition) is 6. The highest BCUT2D eigenvalue weighted by atomic mass is 35.5. The van der Waals surface area contributed by atoms with Crippen molar-refractivity contribution in [3.05, 3.63) is 165 Å². The fourth-order valence-electron chi connectivity index (χ4n) is 5.75. The summed E-state index contributed by atoms with van der Waals surface area (Å²) in [4.78, 5) is 30.9. The maximum absolute atomic E-state index is 14.1. The summed E-state index contributed by atoms with van der Waals surface area (Å²) in [5.74, 6) is 0.656. The molecule has 5 aromatic rings. The molecule has 0 amide bonds. The molecule has 0 unspecified atom stereocenters. The van der Waals surface area contributed by atoms with E-state index < -0.39 is 11.0 Å². The van der Waals surface area contributed by atoms with Crippen LogP contribution in [0, 0.1) is 10.1 Å². The molecular weight excluding hydrogens is 582 g/mol. The molecule has 1 atom stereocenters. The van der Waals surface area contributed by atoms with Gasteiger partial charge in [0.1, 0.15) is 12.4 Å². The lowest BCUT2D eigenvalue weighted by Crippen LogP contribution is -2.38. The molecule has 0 saturated carbocycles. The van der Waals surface area contributed by atoms with Gasteiger partial charge in [-0.05, 0) is 59.4 Å². The first-order valence-electron chi connectivity index (χ1n) is 13.8. The Labute approximate surface area is 255 Å². The second kappa shape index (κ2) is 11.1. The largest absolute Gasteiger partial charge is 0.489 e. The standard InChI is InChI=1S/C34H24ClN3O4S/c35-29-14-4-2-9-24(29)20-42-26-12-5-7-21(17-26)18-30-33(39)37-32(23-10-6-11-25(19-23)38(40)41)28-16-15-22-8-1-3-13-27(22)31(28)36-34(37)43-30/h1-14,17-19,32H,15-16,20H2/b30-18-/t32-/m1/s1. The number of ether oxygens (including phenoxy) is 1. The predicted molar refractivity (Wildman–Crippen MR) is 168 cm³/mol. The molecule has 4 aromatic carbocycles. The Hall–Kier alpha value is -4.79. The van der Waals surface area contributed by atoms with Crippen LogP contribution in [0.4, 0.5) is 5.69 Å². The van der Waals surface area contributed by atoms with Gasteiger partial charge < -0.3 is 4.74 Å². The number of non-ortho nitro benzene ring substituents is 1. The van der Waals surface area contributed by atoms with Crippen LogP contribution in [0.25, 0.3) is 11.8 Å². The van der Waals surface area contributed by atoms with E-state index in [4.69, 9.17) is 21.3 Å². The van der Waals surface area contributed by atoms with Gasteiger partial charge >= 0.3 is 0 Å². The number of nitro groups is 1. The molecule has 0 spiro atoms. The Balaban J connectivity index is 1.33. The second-order valence-electron chi connectivity index (χ2n) is 10.4. The molecule has 212 valence electrons. The number of aromatic nitrogens is 1. The predicted octanol–water partition coefficient (Wildman–Crippen LogP) is 6.46. The van der Waals surface area contributed by atoms with Crippen molar-refractivity contribution in [1.29, 1.82) is 0 Å². The van der Waals surface area contributed by atoms with E-state index in [9.17, 15) is 14.9 Å². The number of halogens is 1. The summed E-state index contributed by atoms with van der Waals surface area (Å²) >= 11 is 7.60. The average molecular weight is 606 g/mol. The number of rotatable bonds is 6. The van der Waals surface area contributed by atoms with E-state index in [1.54, 1.807) is 16.7 Å². The zero-order valence-electron chi connectivity index (χ0n) is 22.8. The van der Waals surface area contributed by atoms with Gasteiger partial charge in [0, 0.05) is 28.3 Å². The minimum atomic E-state index is -0.494. The molecule has 0 saturated heterocycles. The Morgan fingerprint density at radius 3 is 2.67 bits per heavy atom. The summed E-state index contributed by atoms with van der Waals surface area (Å²) in [5.41, 5.74) is 6.28. The maximum Gasteiger partial charge on any atom is 0.271 e. The monoisotopic (exact) mass is 605 g/mol. The molecule has 2 aliphatic rings. The molecule has 7 rings (SSSR count). The quantitative estimate of drug-likeness (QED) is 0.164. The summed E-state index contributed by atoms with van der Waals surface area (Å²) < 4.78 is 8.21. The zero-order chi connectivity index (χ0) is 29.5. The minimum Gasteiger partial charge on any atom is -0.489 e. The molecule has 7 nitrogen and oxygen atoms in total. The van der Waals surface area contributed by atoms with E-state index in [1.807, 2.05) is 72.8 Å². The number of allylic oxidation sites excluding steroid dienone is 1. The summed E-state index contributed by atoms with van der Waals surface area (Å²) in [7, 11) is 0. The molecule has 0 radical (unpaired) electrons. The lowest BCUT2D eigenvalue weighted by atomic mass is 9.83. The van der Waals surface area contributed by atoms with E-state index in [0.717, 1.165) is 34.4 Å². The first kappa shape index (κ1) is 27.1. The van der Waals surface area contributed by atoms with Crippen LogP contribution in [-0.4, -0.2) is 9.49 Å². The number of fused-ring (bicyclic) bond motifs is 3. The molecule has 0 bridgehead atoms. The smallest absolute Gasteiger partial charge is 0.271 e. The Morgan fingerprint density at radius 1 is 1.00 bits per heavy atom. The van der Waals surface area contributed by atoms with Crippen LogP contribution in [0.1, 0.15) is 40.3 Å². The molecule has 1 aromatic heterocycles. The summed E-state index contributed by atoms with van der Waals surface area (Å²) in [5, 5.41) is 12.3. The van der Waals surface area contributed by atoms with Crippen LogP contribution in [0.5, 0.6) is 5.75 Å². The van der Waals surface area contributed by atoms with E-state index in [0.29, 0.717) is 38.7 Å². The second-order valence-corrected chi connectivity index (χ2v) is 11.8. The Morgan fingerprint density at radius 2 is 1.81 bits per heavy atom. The molecular formula is C34H24ClN3O4S. The van der Waals surface area contributed by atoms with Gasteiger partial charge in [0.25, 0.3) is 11.2 Å². The maximum atomic E-state index is 14.1. The van der Waals surface area contributed by atoms with Crippen LogP contribution >= 0.6 is 22.9 Å². The SMILES string of the molecule is O=c1/c(=C/c2cccc(OCc3ccccc3Cl)c2)sc2n1[C@H](c1cccc([N+](=O)[O-])c1)C1=C(N=2)c2ccccc2CC1. The summed E-state index contributed by atoms with van der Waals surface area (Å²) in [6, 6.07) is 29.3. The van der Waals surface area contributed by atoms with E-state index in [-0.39, 0.29) is 11.2 Å². The van der Waals surface area contributed by atoms with Crippen LogP contribution < -0.4 is 19.6 Å². The molecule has 1 aliphatic heterocycles. The van der Waals surface area contributed by atoms with Crippen molar-refractivity contribution < 1.29 is 9.66 Å². The third-order valence-electron chi connectivity index (χ3n) is 7.78. The highest BCUT2D eigenvalue weighted by molar-refractivity contribution is 7.07.